The third-order valence-corrected chi connectivity index (χ3v) is 4.74. The Balaban J connectivity index is 1.39. The van der Waals surface area contributed by atoms with Gasteiger partial charge in [0.05, 0.1) is 13.2 Å². The van der Waals surface area contributed by atoms with Crippen molar-refractivity contribution >= 4 is 17.3 Å². The molecule has 6 nitrogen and oxygen atoms in total. The highest BCUT2D eigenvalue weighted by Crippen LogP contribution is 2.31. The Morgan fingerprint density at radius 2 is 1.79 bits per heavy atom. The van der Waals surface area contributed by atoms with E-state index in [4.69, 9.17) is 9.47 Å². The number of nitrogens with one attached hydrogen (secondary N) is 1. The van der Waals surface area contributed by atoms with Gasteiger partial charge < -0.3 is 24.6 Å². The van der Waals surface area contributed by atoms with Crippen LogP contribution in [0.1, 0.15) is 19.3 Å². The van der Waals surface area contributed by atoms with E-state index in [-0.39, 0.29) is 5.91 Å². The first-order valence-corrected chi connectivity index (χ1v) is 8.65. The summed E-state index contributed by atoms with van der Waals surface area (Å²) in [4.78, 5) is 16.3. The Morgan fingerprint density at radius 1 is 1.17 bits per heavy atom. The van der Waals surface area contributed by atoms with Crippen molar-refractivity contribution in [2.24, 2.45) is 0 Å². The summed E-state index contributed by atoms with van der Waals surface area (Å²) in [6.07, 6.45) is 2.06. The van der Waals surface area contributed by atoms with Crippen molar-refractivity contribution in [1.29, 1.82) is 0 Å². The van der Waals surface area contributed by atoms with Gasteiger partial charge >= 0.3 is 0 Å². The normalized spacial score (nSPS) is 19.5. The van der Waals surface area contributed by atoms with Crippen molar-refractivity contribution in [2.45, 2.75) is 25.0 Å². The van der Waals surface area contributed by atoms with Gasteiger partial charge in [0.1, 0.15) is 0 Å². The molecular weight excluding hydrogens is 306 g/mol. The van der Waals surface area contributed by atoms with Gasteiger partial charge in [-0.25, -0.2) is 0 Å². The van der Waals surface area contributed by atoms with E-state index < -0.39 is 5.79 Å². The Morgan fingerprint density at radius 3 is 2.38 bits per heavy atom. The number of amides is 1. The van der Waals surface area contributed by atoms with Crippen molar-refractivity contribution in [3.8, 4) is 0 Å². The van der Waals surface area contributed by atoms with Gasteiger partial charge in [0.25, 0.3) is 0 Å². The number of rotatable bonds is 5. The minimum Gasteiger partial charge on any atom is -0.385 e. The highest BCUT2D eigenvalue weighted by atomic mass is 16.7. The second-order valence-corrected chi connectivity index (χ2v) is 6.61. The van der Waals surface area contributed by atoms with Gasteiger partial charge in [0.15, 0.2) is 5.79 Å². The summed E-state index contributed by atoms with van der Waals surface area (Å²) in [6.45, 7) is 3.43. The van der Waals surface area contributed by atoms with Crippen molar-refractivity contribution in [3.63, 3.8) is 0 Å². The van der Waals surface area contributed by atoms with Crippen LogP contribution in [0.25, 0.3) is 0 Å². The fourth-order valence-electron chi connectivity index (χ4n) is 3.23. The van der Waals surface area contributed by atoms with E-state index in [9.17, 15) is 4.79 Å². The second-order valence-electron chi connectivity index (χ2n) is 6.61. The largest absolute Gasteiger partial charge is 0.385 e. The number of carbonyl (C=O) groups excluding carboxylic acids is 1. The summed E-state index contributed by atoms with van der Waals surface area (Å²) in [7, 11) is 4.04. The Labute approximate surface area is 143 Å². The highest BCUT2D eigenvalue weighted by Gasteiger charge is 2.40. The molecule has 3 rings (SSSR count). The lowest BCUT2D eigenvalue weighted by Gasteiger charge is -2.37. The first-order valence-electron chi connectivity index (χ1n) is 8.65. The standard InChI is InChI=1S/C18H27N3O3/c1-20(2)16-5-3-15(4-6-16)19-10-7-17(22)21-11-8-18(9-12-21)23-13-14-24-18/h3-6,19H,7-14H2,1-2H3. The maximum absolute atomic E-state index is 12.3. The molecule has 1 aromatic rings. The summed E-state index contributed by atoms with van der Waals surface area (Å²) in [5, 5.41) is 3.31. The summed E-state index contributed by atoms with van der Waals surface area (Å²) in [5.41, 5.74) is 2.20. The molecule has 132 valence electrons. The quantitative estimate of drug-likeness (QED) is 0.892. The number of hydrogen-bond acceptors (Lipinski definition) is 5. The van der Waals surface area contributed by atoms with Crippen LogP contribution in [0.15, 0.2) is 24.3 Å². The van der Waals surface area contributed by atoms with Gasteiger partial charge in [-0.05, 0) is 24.3 Å². The van der Waals surface area contributed by atoms with Gasteiger partial charge in [0, 0.05) is 64.4 Å². The molecule has 1 N–H and O–H groups in total. The lowest BCUT2D eigenvalue weighted by Crippen LogP contribution is -2.47. The lowest BCUT2D eigenvalue weighted by atomic mass is 10.0. The third kappa shape index (κ3) is 3.99. The molecule has 0 radical (unpaired) electrons. The molecule has 0 saturated carbocycles. The molecule has 1 amide bonds. The average Bonchev–Trinajstić information content (AvgIpc) is 3.04. The predicted octanol–water partition coefficient (Wildman–Crippen LogP) is 1.92. The third-order valence-electron chi connectivity index (χ3n) is 4.74. The number of likely N-dealkylation sites (tertiary alicyclic amines) is 1. The number of nitrogens with zero attached hydrogens (tertiary/aromatic N) is 2. The average molecular weight is 333 g/mol. The van der Waals surface area contributed by atoms with Gasteiger partial charge in [-0.15, -0.1) is 0 Å². The second kappa shape index (κ2) is 7.40. The van der Waals surface area contributed by atoms with Crippen LogP contribution in [-0.2, 0) is 14.3 Å². The molecule has 2 heterocycles. The van der Waals surface area contributed by atoms with E-state index in [1.807, 2.05) is 31.1 Å². The Hall–Kier alpha value is -1.79. The zero-order chi connectivity index (χ0) is 17.0. The van der Waals surface area contributed by atoms with E-state index >= 15 is 0 Å². The molecule has 6 heteroatoms. The van der Waals surface area contributed by atoms with Gasteiger partial charge in [-0.3, -0.25) is 4.79 Å². The maximum Gasteiger partial charge on any atom is 0.224 e. The molecule has 24 heavy (non-hydrogen) atoms. The molecule has 0 aromatic heterocycles. The molecule has 2 fully saturated rings. The van der Waals surface area contributed by atoms with Crippen LogP contribution in [0.3, 0.4) is 0 Å². The monoisotopic (exact) mass is 333 g/mol. The van der Waals surface area contributed by atoms with Crippen molar-refractivity contribution in [1.82, 2.24) is 4.90 Å². The zero-order valence-electron chi connectivity index (χ0n) is 14.6. The predicted molar refractivity (Wildman–Crippen MR) is 94.3 cm³/mol. The van der Waals surface area contributed by atoms with E-state index in [0.29, 0.717) is 26.2 Å². The van der Waals surface area contributed by atoms with Crippen molar-refractivity contribution in [2.75, 3.05) is 57.2 Å². The molecular formula is C18H27N3O3. The lowest BCUT2D eigenvalue weighted by molar-refractivity contribution is -0.187. The number of ether oxygens (including phenoxy) is 2. The van der Waals surface area contributed by atoms with Crippen LogP contribution in [-0.4, -0.2) is 63.5 Å². The zero-order valence-corrected chi connectivity index (χ0v) is 14.6. The fourth-order valence-corrected chi connectivity index (χ4v) is 3.23. The number of benzene rings is 1. The molecule has 0 aliphatic carbocycles. The first-order chi connectivity index (χ1) is 11.6. The van der Waals surface area contributed by atoms with Crippen molar-refractivity contribution in [3.05, 3.63) is 24.3 Å². The molecule has 0 bridgehead atoms. The molecule has 0 atom stereocenters. The molecule has 1 spiro atoms. The van der Waals surface area contributed by atoms with E-state index in [1.165, 1.54) is 0 Å². The van der Waals surface area contributed by atoms with E-state index in [2.05, 4.69) is 22.3 Å². The summed E-state index contributed by atoms with van der Waals surface area (Å²) < 4.78 is 11.4. The first kappa shape index (κ1) is 17.0. The van der Waals surface area contributed by atoms with Gasteiger partial charge in [-0.1, -0.05) is 0 Å². The Kier molecular flexibility index (Phi) is 5.26. The molecule has 0 unspecified atom stereocenters. The van der Waals surface area contributed by atoms with Crippen LogP contribution >= 0.6 is 0 Å². The molecule has 2 aliphatic rings. The number of piperidine rings is 1. The number of carbonyl (C=O) groups is 1. The molecule has 2 saturated heterocycles. The minimum absolute atomic E-state index is 0.195. The molecule has 1 aromatic carbocycles. The summed E-state index contributed by atoms with van der Waals surface area (Å²) in [6, 6.07) is 8.21. The minimum atomic E-state index is -0.413. The highest BCUT2D eigenvalue weighted by molar-refractivity contribution is 5.76. The topological polar surface area (TPSA) is 54.0 Å². The van der Waals surface area contributed by atoms with Crippen LogP contribution in [0, 0.1) is 0 Å². The molecule has 2 aliphatic heterocycles. The number of anilines is 2. The number of hydrogen-bond donors (Lipinski definition) is 1. The Bertz CT molecular complexity index is 543. The van der Waals surface area contributed by atoms with Gasteiger partial charge in [-0.2, -0.15) is 0 Å². The van der Waals surface area contributed by atoms with Crippen LogP contribution in [0.5, 0.6) is 0 Å². The summed E-state index contributed by atoms with van der Waals surface area (Å²) >= 11 is 0. The van der Waals surface area contributed by atoms with Crippen LogP contribution in [0.2, 0.25) is 0 Å². The van der Waals surface area contributed by atoms with E-state index in [1.54, 1.807) is 0 Å². The fraction of sp³-hybridized carbons (Fsp3) is 0.611. The van der Waals surface area contributed by atoms with E-state index in [0.717, 1.165) is 37.3 Å². The maximum atomic E-state index is 12.3. The smallest absolute Gasteiger partial charge is 0.224 e. The van der Waals surface area contributed by atoms with Crippen LogP contribution < -0.4 is 10.2 Å². The van der Waals surface area contributed by atoms with Crippen molar-refractivity contribution < 1.29 is 14.3 Å². The van der Waals surface area contributed by atoms with Gasteiger partial charge in [0.2, 0.25) is 5.91 Å². The SMILES string of the molecule is CN(C)c1ccc(NCCC(=O)N2CCC3(CC2)OCCO3)cc1. The van der Waals surface area contributed by atoms with Crippen LogP contribution in [0.4, 0.5) is 11.4 Å². The summed E-state index contributed by atoms with van der Waals surface area (Å²) in [5.74, 6) is -0.219.